The Morgan fingerprint density at radius 3 is 2.56 bits per heavy atom. The number of hydrogen-bond donors (Lipinski definition) is 0. The highest BCUT2D eigenvalue weighted by atomic mass is 16.6. The fourth-order valence-corrected chi connectivity index (χ4v) is 4.48. The van der Waals surface area contributed by atoms with Gasteiger partial charge in [0.1, 0.15) is 12.2 Å². The van der Waals surface area contributed by atoms with E-state index in [1.54, 1.807) is 7.11 Å². The van der Waals surface area contributed by atoms with Crippen LogP contribution in [0.2, 0.25) is 0 Å². The fraction of sp³-hybridized carbons (Fsp3) is 0.500. The van der Waals surface area contributed by atoms with Crippen molar-refractivity contribution in [3.63, 3.8) is 0 Å². The van der Waals surface area contributed by atoms with Crippen molar-refractivity contribution in [1.82, 2.24) is 4.90 Å². The molecule has 0 aromatic heterocycles. The summed E-state index contributed by atoms with van der Waals surface area (Å²) in [4.78, 5) is 16.9. The first-order valence-electron chi connectivity index (χ1n) is 11.5. The van der Waals surface area contributed by atoms with Crippen LogP contribution in [0, 0.1) is 0 Å². The molecule has 4 rings (SSSR count). The molecule has 2 heterocycles. The zero-order valence-corrected chi connectivity index (χ0v) is 19.6. The van der Waals surface area contributed by atoms with Gasteiger partial charge in [0.2, 0.25) is 0 Å². The number of nitrogens with zero attached hydrogens (tertiary/aromatic N) is 2. The number of amides is 1. The molecule has 6 nitrogen and oxygen atoms in total. The van der Waals surface area contributed by atoms with E-state index < -0.39 is 5.60 Å². The first-order valence-corrected chi connectivity index (χ1v) is 11.5. The highest BCUT2D eigenvalue weighted by molar-refractivity contribution is 5.84. The molecule has 0 N–H and O–H groups in total. The van der Waals surface area contributed by atoms with Crippen LogP contribution in [0.5, 0.6) is 5.75 Å². The van der Waals surface area contributed by atoms with E-state index in [2.05, 4.69) is 35.2 Å². The molecule has 1 amide bonds. The lowest BCUT2D eigenvalue weighted by Crippen LogP contribution is -2.38. The van der Waals surface area contributed by atoms with Crippen LogP contribution in [-0.2, 0) is 22.3 Å². The molecule has 0 saturated heterocycles. The number of ether oxygens (including phenoxy) is 3. The van der Waals surface area contributed by atoms with Crippen LogP contribution in [0.4, 0.5) is 10.5 Å². The van der Waals surface area contributed by atoms with E-state index in [-0.39, 0.29) is 6.09 Å². The molecular weight excluding hydrogens is 404 g/mol. The zero-order valence-electron chi connectivity index (χ0n) is 19.6. The van der Waals surface area contributed by atoms with E-state index >= 15 is 0 Å². The second kappa shape index (κ2) is 9.41. The smallest absolute Gasteiger partial charge is 0.410 e. The van der Waals surface area contributed by atoms with Crippen LogP contribution < -0.4 is 9.64 Å². The van der Waals surface area contributed by atoms with Crippen LogP contribution in [0.1, 0.15) is 31.9 Å². The van der Waals surface area contributed by atoms with Crippen molar-refractivity contribution < 1.29 is 19.0 Å². The fourth-order valence-electron chi connectivity index (χ4n) is 4.48. The highest BCUT2D eigenvalue weighted by Crippen LogP contribution is 2.45. The van der Waals surface area contributed by atoms with E-state index in [1.165, 1.54) is 11.1 Å². The largest absolute Gasteiger partial charge is 0.489 e. The van der Waals surface area contributed by atoms with Gasteiger partial charge in [0.25, 0.3) is 0 Å². The summed E-state index contributed by atoms with van der Waals surface area (Å²) in [6.45, 7) is 9.99. The van der Waals surface area contributed by atoms with Crippen LogP contribution >= 0.6 is 0 Å². The summed E-state index contributed by atoms with van der Waals surface area (Å²) >= 11 is 0. The van der Waals surface area contributed by atoms with Crippen molar-refractivity contribution >= 4 is 11.8 Å². The van der Waals surface area contributed by atoms with Crippen LogP contribution in [-0.4, -0.2) is 63.1 Å². The second-order valence-electron chi connectivity index (χ2n) is 9.40. The van der Waals surface area contributed by atoms with Gasteiger partial charge in [-0.05, 0) is 56.4 Å². The summed E-state index contributed by atoms with van der Waals surface area (Å²) in [5.74, 6) is 0.947. The average molecular weight is 439 g/mol. The topological polar surface area (TPSA) is 51.2 Å². The quantitative estimate of drug-likeness (QED) is 0.702. The molecule has 2 aliphatic rings. The lowest BCUT2D eigenvalue weighted by molar-refractivity contribution is 0.0258. The minimum absolute atomic E-state index is 0.241. The molecule has 0 bridgehead atoms. The number of rotatable bonds is 4. The Morgan fingerprint density at radius 1 is 1.09 bits per heavy atom. The van der Waals surface area contributed by atoms with Gasteiger partial charge in [-0.25, -0.2) is 4.79 Å². The van der Waals surface area contributed by atoms with Crippen molar-refractivity contribution in [2.45, 2.75) is 39.2 Å². The molecule has 0 atom stereocenters. The summed E-state index contributed by atoms with van der Waals surface area (Å²) in [6.07, 6.45) is 1.32. The van der Waals surface area contributed by atoms with Gasteiger partial charge in [0.05, 0.1) is 18.8 Å². The van der Waals surface area contributed by atoms with Crippen LogP contribution in [0.3, 0.4) is 0 Å². The average Bonchev–Trinajstić information content (AvgIpc) is 2.98. The maximum absolute atomic E-state index is 12.8. The zero-order chi connectivity index (χ0) is 22.7. The number of carbonyl (C=O) groups is 1. The third-order valence-electron chi connectivity index (χ3n) is 5.97. The minimum Gasteiger partial charge on any atom is -0.489 e. The van der Waals surface area contributed by atoms with E-state index in [0.717, 1.165) is 48.5 Å². The maximum atomic E-state index is 12.8. The van der Waals surface area contributed by atoms with Gasteiger partial charge >= 0.3 is 6.09 Å². The van der Waals surface area contributed by atoms with E-state index in [9.17, 15) is 4.79 Å². The number of benzene rings is 2. The SMILES string of the molecule is COCCN1CCOc2c1cc1c(c2-c2ccccc2)CCN(C(=O)OC(C)(C)C)CC1. The number of methoxy groups -OCH3 is 1. The van der Waals surface area contributed by atoms with Crippen LogP contribution in [0.15, 0.2) is 36.4 Å². The third kappa shape index (κ3) is 4.85. The van der Waals surface area contributed by atoms with E-state index in [1.807, 2.05) is 31.7 Å². The van der Waals surface area contributed by atoms with Crippen molar-refractivity contribution in [1.29, 1.82) is 0 Å². The summed E-state index contributed by atoms with van der Waals surface area (Å²) in [5.41, 5.74) is 5.49. The standard InChI is InChI=1S/C26H34N2O4/c1-26(2,3)32-25(29)28-12-10-20-18-22-24(31-17-15-27(22)14-16-30-4)23(21(20)11-13-28)19-8-6-5-7-9-19/h5-9,18H,10-17H2,1-4H3. The molecule has 2 aromatic rings. The summed E-state index contributed by atoms with van der Waals surface area (Å²) in [7, 11) is 1.74. The Bertz CT molecular complexity index is 953. The molecule has 0 saturated carbocycles. The molecule has 32 heavy (non-hydrogen) atoms. The van der Waals surface area contributed by atoms with E-state index in [4.69, 9.17) is 14.2 Å². The predicted octanol–water partition coefficient (Wildman–Crippen LogP) is 4.53. The van der Waals surface area contributed by atoms with Crippen molar-refractivity contribution in [3.05, 3.63) is 47.5 Å². The number of anilines is 1. The van der Waals surface area contributed by atoms with Gasteiger partial charge in [-0.15, -0.1) is 0 Å². The Balaban J connectivity index is 1.74. The Hall–Kier alpha value is -2.73. The Kier molecular flexibility index (Phi) is 6.60. The van der Waals surface area contributed by atoms with Crippen molar-refractivity contribution in [3.8, 4) is 16.9 Å². The molecule has 0 radical (unpaired) electrons. The molecule has 0 aliphatic carbocycles. The lowest BCUT2D eigenvalue weighted by Gasteiger charge is -2.34. The van der Waals surface area contributed by atoms with Crippen LogP contribution in [0.25, 0.3) is 11.1 Å². The molecule has 172 valence electrons. The van der Waals surface area contributed by atoms with Gasteiger partial charge in [0.15, 0.2) is 5.75 Å². The summed E-state index contributed by atoms with van der Waals surface area (Å²) in [6, 6.07) is 12.7. The molecular formula is C26H34N2O4. The second-order valence-corrected chi connectivity index (χ2v) is 9.40. The van der Waals surface area contributed by atoms with Gasteiger partial charge in [-0.2, -0.15) is 0 Å². The van der Waals surface area contributed by atoms with E-state index in [0.29, 0.717) is 26.3 Å². The monoisotopic (exact) mass is 438 g/mol. The maximum Gasteiger partial charge on any atom is 0.410 e. The molecule has 6 heteroatoms. The third-order valence-corrected chi connectivity index (χ3v) is 5.97. The van der Waals surface area contributed by atoms with Crippen molar-refractivity contribution in [2.24, 2.45) is 0 Å². The molecule has 2 aliphatic heterocycles. The van der Waals surface area contributed by atoms with Crippen molar-refractivity contribution in [2.75, 3.05) is 51.4 Å². The van der Waals surface area contributed by atoms with Gasteiger partial charge in [0, 0.05) is 32.3 Å². The first kappa shape index (κ1) is 22.5. The molecule has 0 fully saturated rings. The van der Waals surface area contributed by atoms with Gasteiger partial charge in [-0.3, -0.25) is 0 Å². The molecule has 0 unspecified atom stereocenters. The minimum atomic E-state index is -0.500. The summed E-state index contributed by atoms with van der Waals surface area (Å²) < 4.78 is 17.3. The molecule has 2 aromatic carbocycles. The summed E-state index contributed by atoms with van der Waals surface area (Å²) in [5, 5.41) is 0. The lowest BCUT2D eigenvalue weighted by atomic mass is 9.90. The Morgan fingerprint density at radius 2 is 1.84 bits per heavy atom. The number of hydrogen-bond acceptors (Lipinski definition) is 5. The normalized spacial score (nSPS) is 16.0. The first-order chi connectivity index (χ1) is 15.4. The number of carbonyl (C=O) groups excluding carboxylic acids is 1. The molecule has 0 spiro atoms. The van der Waals surface area contributed by atoms with Gasteiger partial charge < -0.3 is 24.0 Å². The number of fused-ring (bicyclic) bond motifs is 2. The predicted molar refractivity (Wildman–Crippen MR) is 127 cm³/mol. The Labute approximate surface area is 191 Å². The van der Waals surface area contributed by atoms with Gasteiger partial charge in [-0.1, -0.05) is 30.3 Å². The highest BCUT2D eigenvalue weighted by Gasteiger charge is 2.30.